The number of ether oxygens (including phenoxy) is 2. The molecular weight excluding hydrogens is 342 g/mol. The van der Waals surface area contributed by atoms with Crippen LogP contribution in [0.4, 0.5) is 8.78 Å². The summed E-state index contributed by atoms with van der Waals surface area (Å²) in [4.78, 5) is 23.0. The molecule has 0 bridgehead atoms. The van der Waals surface area contributed by atoms with E-state index in [0.717, 1.165) is 12.1 Å². The molecule has 0 amide bonds. The zero-order valence-electron chi connectivity index (χ0n) is 14.6. The maximum atomic E-state index is 14.3. The van der Waals surface area contributed by atoms with E-state index in [0.29, 0.717) is 0 Å². The Hall–Kier alpha value is -3.02. The molecule has 0 N–H and O–H groups in total. The summed E-state index contributed by atoms with van der Waals surface area (Å²) in [6, 6.07) is 7.36. The highest BCUT2D eigenvalue weighted by atomic mass is 19.1. The predicted octanol–water partition coefficient (Wildman–Crippen LogP) is 4.67. The molecular formula is C20H18F2O4. The summed E-state index contributed by atoms with van der Waals surface area (Å²) >= 11 is 0. The number of hydrogen-bond acceptors (Lipinski definition) is 4. The minimum absolute atomic E-state index is 0.00961. The monoisotopic (exact) mass is 360 g/mol. The van der Waals surface area contributed by atoms with E-state index >= 15 is 0 Å². The fraction of sp³-hybridized carbons (Fsp3) is 0.200. The van der Waals surface area contributed by atoms with Gasteiger partial charge in [-0.1, -0.05) is 20.4 Å². The number of hydrogen-bond donors (Lipinski definition) is 0. The van der Waals surface area contributed by atoms with E-state index in [1.54, 1.807) is 13.8 Å². The molecule has 0 unspecified atom stereocenters. The van der Waals surface area contributed by atoms with Crippen LogP contribution in [-0.2, 0) is 9.59 Å². The van der Waals surface area contributed by atoms with Gasteiger partial charge in [-0.05, 0) is 31.2 Å². The summed E-state index contributed by atoms with van der Waals surface area (Å²) < 4.78 is 38.6. The van der Waals surface area contributed by atoms with Gasteiger partial charge in [0.2, 0.25) is 0 Å². The van der Waals surface area contributed by atoms with E-state index in [1.807, 2.05) is 0 Å². The molecule has 0 atom stereocenters. The normalized spacial score (nSPS) is 10.5. The molecule has 0 heterocycles. The third-order valence-corrected chi connectivity index (χ3v) is 3.42. The van der Waals surface area contributed by atoms with Gasteiger partial charge >= 0.3 is 11.9 Å². The van der Waals surface area contributed by atoms with Gasteiger partial charge in [0.1, 0.15) is 23.1 Å². The van der Waals surface area contributed by atoms with Crippen molar-refractivity contribution in [2.24, 2.45) is 5.92 Å². The van der Waals surface area contributed by atoms with E-state index < -0.39 is 23.6 Å². The summed E-state index contributed by atoms with van der Waals surface area (Å²) in [5, 5.41) is 0. The molecule has 0 spiro atoms. The van der Waals surface area contributed by atoms with E-state index in [1.165, 1.54) is 31.2 Å². The Kier molecular flexibility index (Phi) is 5.87. The van der Waals surface area contributed by atoms with Crippen LogP contribution in [0.25, 0.3) is 11.1 Å². The van der Waals surface area contributed by atoms with Crippen LogP contribution in [0, 0.1) is 17.6 Å². The van der Waals surface area contributed by atoms with Crippen LogP contribution in [-0.4, -0.2) is 11.9 Å². The minimum Gasteiger partial charge on any atom is -0.426 e. The van der Waals surface area contributed by atoms with Crippen molar-refractivity contribution >= 4 is 11.9 Å². The second-order valence-corrected chi connectivity index (χ2v) is 6.03. The Morgan fingerprint density at radius 2 is 1.38 bits per heavy atom. The van der Waals surface area contributed by atoms with Gasteiger partial charge in [-0.25, -0.2) is 13.6 Å². The molecule has 26 heavy (non-hydrogen) atoms. The highest BCUT2D eigenvalue weighted by Gasteiger charge is 2.15. The average Bonchev–Trinajstić information content (AvgIpc) is 2.55. The molecule has 6 heteroatoms. The SMILES string of the molecule is C=C(C)C(=O)Oc1ccc(-c2ccc(OC(=O)C(C)C)cc2F)c(F)c1. The van der Waals surface area contributed by atoms with Gasteiger partial charge < -0.3 is 9.47 Å². The quantitative estimate of drug-likeness (QED) is 0.442. The summed E-state index contributed by atoms with van der Waals surface area (Å²) in [5.74, 6) is -3.01. The molecule has 4 nitrogen and oxygen atoms in total. The Morgan fingerprint density at radius 3 is 1.77 bits per heavy atom. The Balaban J connectivity index is 2.27. The summed E-state index contributed by atoms with van der Waals surface area (Å²) in [7, 11) is 0. The van der Waals surface area contributed by atoms with Crippen LogP contribution in [0.2, 0.25) is 0 Å². The van der Waals surface area contributed by atoms with Gasteiger partial charge in [0, 0.05) is 28.8 Å². The second-order valence-electron chi connectivity index (χ2n) is 6.03. The van der Waals surface area contributed by atoms with Crippen molar-refractivity contribution in [1.82, 2.24) is 0 Å². The van der Waals surface area contributed by atoms with E-state index in [2.05, 4.69) is 6.58 Å². The Morgan fingerprint density at radius 1 is 0.923 bits per heavy atom. The van der Waals surface area contributed by atoms with Crippen molar-refractivity contribution in [3.05, 3.63) is 60.2 Å². The predicted molar refractivity (Wildman–Crippen MR) is 92.7 cm³/mol. The number of rotatable bonds is 5. The summed E-state index contributed by atoms with van der Waals surface area (Å²) in [6.07, 6.45) is 0. The van der Waals surface area contributed by atoms with Crippen LogP contribution in [0.1, 0.15) is 20.8 Å². The topological polar surface area (TPSA) is 52.6 Å². The molecule has 0 aliphatic carbocycles. The summed E-state index contributed by atoms with van der Waals surface area (Å²) in [5.41, 5.74) is 0.149. The number of carbonyl (C=O) groups excluding carboxylic acids is 2. The fourth-order valence-electron chi connectivity index (χ4n) is 1.98. The van der Waals surface area contributed by atoms with E-state index in [-0.39, 0.29) is 34.1 Å². The molecule has 0 aromatic heterocycles. The number of esters is 2. The van der Waals surface area contributed by atoms with Gasteiger partial charge in [-0.15, -0.1) is 0 Å². The molecule has 0 saturated carbocycles. The van der Waals surface area contributed by atoms with Crippen LogP contribution in [0.3, 0.4) is 0 Å². The lowest BCUT2D eigenvalue weighted by molar-refractivity contribution is -0.137. The molecule has 2 aromatic rings. The third kappa shape index (κ3) is 4.53. The van der Waals surface area contributed by atoms with Crippen molar-refractivity contribution in [1.29, 1.82) is 0 Å². The molecule has 0 aliphatic heterocycles. The lowest BCUT2D eigenvalue weighted by Gasteiger charge is -2.10. The Bertz CT molecular complexity index is 872. The van der Waals surface area contributed by atoms with Gasteiger partial charge in [-0.3, -0.25) is 4.79 Å². The van der Waals surface area contributed by atoms with Crippen LogP contribution >= 0.6 is 0 Å². The van der Waals surface area contributed by atoms with Crippen molar-refractivity contribution in [2.75, 3.05) is 0 Å². The van der Waals surface area contributed by atoms with Crippen LogP contribution in [0.15, 0.2) is 48.6 Å². The first-order valence-corrected chi connectivity index (χ1v) is 7.88. The van der Waals surface area contributed by atoms with E-state index in [4.69, 9.17) is 9.47 Å². The van der Waals surface area contributed by atoms with Gasteiger partial charge in [-0.2, -0.15) is 0 Å². The second kappa shape index (κ2) is 7.91. The fourth-order valence-corrected chi connectivity index (χ4v) is 1.98. The van der Waals surface area contributed by atoms with Crippen molar-refractivity contribution in [3.63, 3.8) is 0 Å². The molecule has 0 fully saturated rings. The highest BCUT2D eigenvalue weighted by Crippen LogP contribution is 2.30. The minimum atomic E-state index is -0.761. The zero-order valence-corrected chi connectivity index (χ0v) is 14.6. The van der Waals surface area contributed by atoms with Crippen LogP contribution in [0.5, 0.6) is 11.5 Å². The van der Waals surface area contributed by atoms with Gasteiger partial charge in [0.05, 0.1) is 5.92 Å². The maximum absolute atomic E-state index is 14.3. The molecule has 0 aliphatic rings. The average molecular weight is 360 g/mol. The number of carbonyl (C=O) groups is 2. The first-order chi connectivity index (χ1) is 12.2. The molecule has 0 radical (unpaired) electrons. The van der Waals surface area contributed by atoms with Crippen LogP contribution < -0.4 is 9.47 Å². The first-order valence-electron chi connectivity index (χ1n) is 7.88. The van der Waals surface area contributed by atoms with Crippen molar-refractivity contribution in [2.45, 2.75) is 20.8 Å². The van der Waals surface area contributed by atoms with E-state index in [9.17, 15) is 18.4 Å². The smallest absolute Gasteiger partial charge is 0.338 e. The summed E-state index contributed by atoms with van der Waals surface area (Å²) in [6.45, 7) is 8.22. The lowest BCUT2D eigenvalue weighted by atomic mass is 10.0. The molecule has 2 rings (SSSR count). The largest absolute Gasteiger partial charge is 0.426 e. The standard InChI is InChI=1S/C20H18F2O4/c1-11(2)19(23)25-13-5-7-15(17(21)9-13)16-8-6-14(10-18(16)22)26-20(24)12(3)4/h5-10,12H,1H2,2-4H3. The number of benzene rings is 2. The maximum Gasteiger partial charge on any atom is 0.338 e. The Labute approximate surface area is 150 Å². The zero-order chi connectivity index (χ0) is 19.4. The third-order valence-electron chi connectivity index (χ3n) is 3.42. The molecule has 2 aromatic carbocycles. The molecule has 0 saturated heterocycles. The van der Waals surface area contributed by atoms with Crippen molar-refractivity contribution < 1.29 is 27.8 Å². The highest BCUT2D eigenvalue weighted by molar-refractivity contribution is 5.88. The van der Waals surface area contributed by atoms with Crippen molar-refractivity contribution in [3.8, 4) is 22.6 Å². The van der Waals surface area contributed by atoms with Gasteiger partial charge in [0.15, 0.2) is 0 Å². The van der Waals surface area contributed by atoms with Gasteiger partial charge in [0.25, 0.3) is 0 Å². The molecule has 136 valence electrons. The first kappa shape index (κ1) is 19.3. The number of halogens is 2. The lowest BCUT2D eigenvalue weighted by Crippen LogP contribution is -2.14.